The summed E-state index contributed by atoms with van der Waals surface area (Å²) >= 11 is 0. The Morgan fingerprint density at radius 1 is 0.426 bits per heavy atom. The molecule has 2 aliphatic heterocycles. The van der Waals surface area contributed by atoms with E-state index in [2.05, 4.69) is 61.8 Å². The molecule has 2 unspecified atom stereocenters. The maximum absolute atomic E-state index is 6.51. The minimum atomic E-state index is -0.0799. The normalized spacial score (nSPS) is 16.8. The van der Waals surface area contributed by atoms with Crippen LogP contribution < -0.4 is 9.47 Å². The molecule has 0 spiro atoms. The molecule has 0 saturated carbocycles. The van der Waals surface area contributed by atoms with Gasteiger partial charge in [0.05, 0.1) is 13.2 Å². The zero-order valence-corrected chi connectivity index (χ0v) is 31.8. The monoisotopic (exact) mass is 659 g/mol. The predicted molar refractivity (Wildman–Crippen MR) is 203 cm³/mol. The summed E-state index contributed by atoms with van der Waals surface area (Å²) in [7, 11) is 0. The van der Waals surface area contributed by atoms with Crippen molar-refractivity contribution in [2.75, 3.05) is 39.4 Å². The Bertz CT molecular complexity index is 739. The van der Waals surface area contributed by atoms with Gasteiger partial charge in [0.15, 0.2) is 12.5 Å². The second-order valence-electron chi connectivity index (χ2n) is 14.2. The molecule has 0 saturated heterocycles. The molecule has 274 valence electrons. The van der Waals surface area contributed by atoms with Crippen LogP contribution in [0.15, 0.2) is 24.3 Å². The van der Waals surface area contributed by atoms with Crippen LogP contribution in [0.3, 0.4) is 0 Å². The second-order valence-corrected chi connectivity index (χ2v) is 14.2. The molecule has 3 rings (SSSR count). The van der Waals surface area contributed by atoms with Gasteiger partial charge in [0.2, 0.25) is 0 Å². The summed E-state index contributed by atoms with van der Waals surface area (Å²) in [5.41, 5.74) is 0. The lowest BCUT2D eigenvalue weighted by atomic mass is 10.1. The number of hydrogen-bond donors (Lipinski definition) is 0. The van der Waals surface area contributed by atoms with Gasteiger partial charge in [-0.2, -0.15) is 0 Å². The molecule has 0 amide bonds. The van der Waals surface area contributed by atoms with Crippen LogP contribution in [0.1, 0.15) is 182 Å². The molecule has 47 heavy (non-hydrogen) atoms. The van der Waals surface area contributed by atoms with E-state index in [4.69, 9.17) is 14.2 Å². The highest BCUT2D eigenvalue weighted by atomic mass is 16.6. The van der Waals surface area contributed by atoms with E-state index < -0.39 is 0 Å². The van der Waals surface area contributed by atoms with Gasteiger partial charge in [0, 0.05) is 13.1 Å². The van der Waals surface area contributed by atoms with Gasteiger partial charge in [-0.25, -0.2) is 0 Å². The molecule has 5 nitrogen and oxygen atoms in total. The van der Waals surface area contributed by atoms with Crippen LogP contribution in [0.2, 0.25) is 0 Å². The molecule has 0 fully saturated rings. The van der Waals surface area contributed by atoms with Crippen LogP contribution in [0.25, 0.3) is 0 Å². The highest BCUT2D eigenvalue weighted by Gasteiger charge is 2.24. The highest BCUT2D eigenvalue weighted by molar-refractivity contribution is 5.31. The number of rotatable bonds is 30. The molecule has 2 atom stereocenters. The van der Waals surface area contributed by atoms with Crippen molar-refractivity contribution in [1.29, 1.82) is 0 Å². The lowest BCUT2D eigenvalue weighted by molar-refractivity contribution is -0.0827. The molecular weight excluding hydrogens is 580 g/mol. The lowest BCUT2D eigenvalue weighted by Crippen LogP contribution is -2.46. The van der Waals surface area contributed by atoms with Gasteiger partial charge in [-0.05, 0) is 50.2 Å². The molecule has 2 heterocycles. The van der Waals surface area contributed by atoms with Crippen molar-refractivity contribution in [2.24, 2.45) is 0 Å². The first-order chi connectivity index (χ1) is 23.2. The van der Waals surface area contributed by atoms with Gasteiger partial charge in [-0.1, -0.05) is 169 Å². The van der Waals surface area contributed by atoms with E-state index in [1.54, 1.807) is 0 Å². The number of unbranched alkanes of at least 4 members (excludes halogenated alkanes) is 22. The Labute approximate surface area is 292 Å². The Morgan fingerprint density at radius 2 is 0.702 bits per heavy atom. The minimum Gasteiger partial charge on any atom is -0.473 e. The summed E-state index contributed by atoms with van der Waals surface area (Å²) in [5, 5.41) is 0. The topological polar surface area (TPSA) is 34.2 Å². The van der Waals surface area contributed by atoms with E-state index in [9.17, 15) is 0 Å². The van der Waals surface area contributed by atoms with Crippen LogP contribution in [-0.4, -0.2) is 61.6 Å². The van der Waals surface area contributed by atoms with E-state index in [0.29, 0.717) is 13.2 Å². The first-order valence-electron chi connectivity index (χ1n) is 20.7. The van der Waals surface area contributed by atoms with Crippen LogP contribution in [0.4, 0.5) is 0 Å². The van der Waals surface area contributed by atoms with Gasteiger partial charge >= 0.3 is 0 Å². The molecule has 2 aliphatic rings. The number of likely N-dealkylation sites (N-methyl/N-ethyl adjacent to an activating group) is 2. The fraction of sp³-hybridized carbons (Fsp3) is 0.857. The maximum Gasteiger partial charge on any atom is 0.176 e. The molecule has 0 N–H and O–H groups in total. The largest absolute Gasteiger partial charge is 0.473 e. The summed E-state index contributed by atoms with van der Waals surface area (Å²) in [6, 6.07) is 8.24. The van der Waals surface area contributed by atoms with Crippen molar-refractivity contribution < 1.29 is 14.2 Å². The molecular formula is C42H78N2O3. The molecule has 1 aromatic carbocycles. The zero-order valence-electron chi connectivity index (χ0n) is 31.8. The standard InChI is InChI=1S/C42H78N2O3/c1-5-9-11-13-15-17-19-21-23-25-27-29-35-43(7-3)41-37-45-38-42(47-40-33-31-39(46-41)32-34-40)44(8-4)36-30-28-26-24-22-20-18-16-14-12-10-6-2/h31-34,41-42H,5-30,35-38H2,1-4H3. The first-order valence-corrected chi connectivity index (χ1v) is 20.7. The number of nitrogens with zero attached hydrogens (tertiary/aromatic N) is 2. The van der Waals surface area contributed by atoms with Crippen molar-refractivity contribution in [1.82, 2.24) is 9.80 Å². The van der Waals surface area contributed by atoms with E-state index >= 15 is 0 Å². The van der Waals surface area contributed by atoms with Crippen molar-refractivity contribution in [3.8, 4) is 11.5 Å². The Morgan fingerprint density at radius 3 is 0.979 bits per heavy atom. The number of benzene rings is 1. The predicted octanol–water partition coefficient (Wildman–Crippen LogP) is 12.2. The third-order valence-electron chi connectivity index (χ3n) is 10.1. The van der Waals surface area contributed by atoms with Gasteiger partial charge in [0.25, 0.3) is 0 Å². The Kier molecular flexibility index (Phi) is 26.4. The zero-order chi connectivity index (χ0) is 33.6. The number of ether oxygens (including phenoxy) is 3. The van der Waals surface area contributed by atoms with E-state index in [1.165, 1.54) is 154 Å². The summed E-state index contributed by atoms with van der Waals surface area (Å²) in [5.74, 6) is 1.78. The minimum absolute atomic E-state index is 0.0799. The van der Waals surface area contributed by atoms with Gasteiger partial charge < -0.3 is 14.2 Å². The molecule has 0 aliphatic carbocycles. The summed E-state index contributed by atoms with van der Waals surface area (Å²) < 4.78 is 19.4. The smallest absolute Gasteiger partial charge is 0.176 e. The third-order valence-corrected chi connectivity index (χ3v) is 10.1. The number of fused-ring (bicyclic) bond motifs is 8. The fourth-order valence-electron chi connectivity index (χ4n) is 6.93. The van der Waals surface area contributed by atoms with Crippen LogP contribution in [0.5, 0.6) is 11.5 Å². The molecule has 0 radical (unpaired) electrons. The van der Waals surface area contributed by atoms with Crippen LogP contribution in [-0.2, 0) is 4.74 Å². The Hall–Kier alpha value is -1.30. The van der Waals surface area contributed by atoms with Crippen LogP contribution in [0, 0.1) is 0 Å². The fourth-order valence-corrected chi connectivity index (χ4v) is 6.93. The highest BCUT2D eigenvalue weighted by Crippen LogP contribution is 2.23. The summed E-state index contributed by atoms with van der Waals surface area (Å²) in [4.78, 5) is 4.92. The molecule has 5 heteroatoms. The average Bonchev–Trinajstić information content (AvgIpc) is 3.15. The second kappa shape index (κ2) is 29.6. The number of hydrogen-bond acceptors (Lipinski definition) is 5. The molecule has 1 aromatic rings. The van der Waals surface area contributed by atoms with Gasteiger partial charge in [-0.15, -0.1) is 0 Å². The van der Waals surface area contributed by atoms with E-state index in [-0.39, 0.29) is 12.5 Å². The van der Waals surface area contributed by atoms with Gasteiger partial charge in [0.1, 0.15) is 11.5 Å². The van der Waals surface area contributed by atoms with Crippen molar-refractivity contribution in [2.45, 2.75) is 194 Å². The van der Waals surface area contributed by atoms with E-state index in [1.807, 2.05) is 0 Å². The van der Waals surface area contributed by atoms with Gasteiger partial charge in [-0.3, -0.25) is 9.80 Å². The van der Waals surface area contributed by atoms with E-state index in [0.717, 1.165) is 37.7 Å². The SMILES string of the molecule is CCCCCCCCCCCCCCN(CC)C1COCC(N(CC)CCCCCCCCCCCCCC)Oc2ccc(cc2)O1. The quantitative estimate of drug-likeness (QED) is 0.0607. The summed E-state index contributed by atoms with van der Waals surface area (Å²) in [6.07, 6.45) is 32.9. The maximum atomic E-state index is 6.51. The third kappa shape index (κ3) is 20.7. The molecule has 2 bridgehead atoms. The summed E-state index contributed by atoms with van der Waals surface area (Å²) in [6.45, 7) is 14.2. The Balaban J connectivity index is 1.70. The van der Waals surface area contributed by atoms with Crippen molar-refractivity contribution >= 4 is 0 Å². The average molecular weight is 659 g/mol. The molecule has 0 aromatic heterocycles. The van der Waals surface area contributed by atoms with Crippen molar-refractivity contribution in [3.05, 3.63) is 24.3 Å². The van der Waals surface area contributed by atoms with Crippen LogP contribution >= 0.6 is 0 Å². The first kappa shape index (κ1) is 41.9. The lowest BCUT2D eigenvalue weighted by Gasteiger charge is -2.32. The van der Waals surface area contributed by atoms with Crippen molar-refractivity contribution in [3.63, 3.8) is 0 Å².